The number of carbonyl (C=O) groups is 2. The Morgan fingerprint density at radius 2 is 1.66 bits per heavy atom. The summed E-state index contributed by atoms with van der Waals surface area (Å²) in [6.07, 6.45) is 6.45. The third-order valence-electron chi connectivity index (χ3n) is 9.63. The number of hydrogen-bond donors (Lipinski definition) is 2. The molecule has 47 heavy (non-hydrogen) atoms. The molecule has 2 aliphatic heterocycles. The summed E-state index contributed by atoms with van der Waals surface area (Å²) in [5, 5.41) is 12.3. The molecule has 6 rings (SSSR count). The Morgan fingerprint density at radius 3 is 2.30 bits per heavy atom. The van der Waals surface area contributed by atoms with Crippen molar-refractivity contribution in [3.63, 3.8) is 0 Å². The number of ether oxygens (including phenoxy) is 2. The van der Waals surface area contributed by atoms with Crippen molar-refractivity contribution in [3.05, 3.63) is 42.0 Å². The zero-order valence-corrected chi connectivity index (χ0v) is 28.8. The van der Waals surface area contributed by atoms with Gasteiger partial charge in [0, 0.05) is 38.3 Å². The predicted molar refractivity (Wildman–Crippen MR) is 181 cm³/mol. The summed E-state index contributed by atoms with van der Waals surface area (Å²) in [5.41, 5.74) is 1.47. The molecule has 1 unspecified atom stereocenters. The monoisotopic (exact) mass is 707 g/mol. The summed E-state index contributed by atoms with van der Waals surface area (Å²) in [6, 6.07) is 10.6. The predicted octanol–water partition coefficient (Wildman–Crippen LogP) is 5.74. The number of nitrogens with one attached hydrogen (secondary N) is 1. The number of fused-ring (bicyclic) bond motifs is 1. The van der Waals surface area contributed by atoms with E-state index in [0.29, 0.717) is 59.6 Å². The molecule has 2 aromatic heterocycles. The molecular formula is C32H42ClN5O7S2. The van der Waals surface area contributed by atoms with Gasteiger partial charge in [0.05, 0.1) is 17.9 Å². The average molecular weight is 708 g/mol. The fourth-order valence-corrected chi connectivity index (χ4v) is 9.41. The lowest BCUT2D eigenvalue weighted by atomic mass is 9.87. The lowest BCUT2D eigenvalue weighted by Crippen LogP contribution is -2.49. The van der Waals surface area contributed by atoms with Gasteiger partial charge in [0.25, 0.3) is 0 Å². The molecule has 15 heteroatoms. The van der Waals surface area contributed by atoms with Gasteiger partial charge in [-0.1, -0.05) is 49.2 Å². The first-order chi connectivity index (χ1) is 22.2. The topological polar surface area (TPSA) is 151 Å². The molecule has 12 nitrogen and oxygen atoms in total. The number of likely N-dealkylation sites (tertiary alicyclic amines) is 1. The SMILES string of the molecule is COc1ccc2nc(NC(=O)C(CC3CCCC3)c3ccc(S(=O)(=O)N4CCC(N5CCC(OC(=O)O)CC5)CC4)cc3)sc2n1.Cl. The number of rotatable bonds is 10. The van der Waals surface area contributed by atoms with Crippen LogP contribution in [-0.4, -0.2) is 90.2 Å². The molecule has 0 spiro atoms. The van der Waals surface area contributed by atoms with E-state index in [-0.39, 0.29) is 35.4 Å². The second-order valence-corrected chi connectivity index (χ2v) is 15.4. The van der Waals surface area contributed by atoms with E-state index in [1.165, 1.54) is 11.3 Å². The molecule has 1 atom stereocenters. The van der Waals surface area contributed by atoms with Gasteiger partial charge in [0.1, 0.15) is 16.5 Å². The Balaban J connectivity index is 0.00000433. The third kappa shape index (κ3) is 8.34. The summed E-state index contributed by atoms with van der Waals surface area (Å²) < 4.78 is 38.9. The summed E-state index contributed by atoms with van der Waals surface area (Å²) in [4.78, 5) is 36.7. The number of aromatic nitrogens is 2. The number of piperidine rings is 2. The Hall–Kier alpha value is -3.04. The normalized spacial score (nSPS) is 19.7. The van der Waals surface area contributed by atoms with Crippen molar-refractivity contribution in [2.45, 2.75) is 80.7 Å². The van der Waals surface area contributed by atoms with Gasteiger partial charge in [-0.2, -0.15) is 4.31 Å². The number of thiazole rings is 1. The van der Waals surface area contributed by atoms with Crippen molar-refractivity contribution in [3.8, 4) is 5.88 Å². The Bertz CT molecular complexity index is 1630. The van der Waals surface area contributed by atoms with E-state index in [4.69, 9.17) is 14.6 Å². The highest BCUT2D eigenvalue weighted by Gasteiger charge is 2.34. The van der Waals surface area contributed by atoms with Crippen molar-refractivity contribution in [1.82, 2.24) is 19.2 Å². The highest BCUT2D eigenvalue weighted by molar-refractivity contribution is 7.89. The molecule has 1 saturated carbocycles. The first kappa shape index (κ1) is 35.3. The van der Waals surface area contributed by atoms with Crippen LogP contribution in [0.1, 0.15) is 69.3 Å². The van der Waals surface area contributed by atoms with Gasteiger partial charge >= 0.3 is 6.16 Å². The van der Waals surface area contributed by atoms with Crippen molar-refractivity contribution in [1.29, 1.82) is 0 Å². The average Bonchev–Trinajstić information content (AvgIpc) is 3.73. The summed E-state index contributed by atoms with van der Waals surface area (Å²) >= 11 is 1.29. The van der Waals surface area contributed by atoms with E-state index in [1.54, 1.807) is 41.7 Å². The van der Waals surface area contributed by atoms with Gasteiger partial charge in [-0.3, -0.25) is 4.79 Å². The molecule has 0 radical (unpaired) electrons. The molecule has 0 bridgehead atoms. The second kappa shape index (κ2) is 15.5. The molecule has 3 aromatic rings. The van der Waals surface area contributed by atoms with Crippen LogP contribution in [0.25, 0.3) is 10.3 Å². The minimum absolute atomic E-state index is 0. The number of anilines is 1. The molecular weight excluding hydrogens is 666 g/mol. The van der Waals surface area contributed by atoms with Crippen molar-refractivity contribution >= 4 is 61.3 Å². The summed E-state index contributed by atoms with van der Waals surface area (Å²) in [5.74, 6) is 0.333. The lowest BCUT2D eigenvalue weighted by molar-refractivity contribution is -0.118. The van der Waals surface area contributed by atoms with Gasteiger partial charge in [-0.05, 0) is 61.8 Å². The smallest absolute Gasteiger partial charge is 0.481 e. The molecule has 3 aliphatic rings. The van der Waals surface area contributed by atoms with Crippen LogP contribution in [0.5, 0.6) is 5.88 Å². The van der Waals surface area contributed by atoms with Gasteiger partial charge in [0.15, 0.2) is 5.13 Å². The molecule has 1 aromatic carbocycles. The largest absolute Gasteiger partial charge is 0.506 e. The fraction of sp³-hybridized carbons (Fsp3) is 0.562. The van der Waals surface area contributed by atoms with E-state index in [2.05, 4.69) is 20.2 Å². The quantitative estimate of drug-likeness (QED) is 0.250. The number of carboxylic acid groups (broad SMARTS) is 1. The maximum absolute atomic E-state index is 13.7. The van der Waals surface area contributed by atoms with Crippen LogP contribution in [0.15, 0.2) is 41.3 Å². The van der Waals surface area contributed by atoms with Crippen LogP contribution in [0.3, 0.4) is 0 Å². The third-order valence-corrected chi connectivity index (χ3v) is 12.4. The minimum atomic E-state index is -3.69. The number of hydrogen-bond acceptors (Lipinski definition) is 10. The highest BCUT2D eigenvalue weighted by atomic mass is 35.5. The van der Waals surface area contributed by atoms with E-state index < -0.39 is 22.1 Å². The number of benzene rings is 1. The molecule has 2 saturated heterocycles. The lowest BCUT2D eigenvalue weighted by Gasteiger charge is -2.41. The van der Waals surface area contributed by atoms with Crippen LogP contribution in [-0.2, 0) is 19.6 Å². The molecule has 256 valence electrons. The molecule has 2 N–H and O–H groups in total. The van der Waals surface area contributed by atoms with Crippen LogP contribution in [0.4, 0.5) is 9.93 Å². The van der Waals surface area contributed by atoms with Gasteiger partial charge in [-0.25, -0.2) is 23.2 Å². The van der Waals surface area contributed by atoms with Crippen molar-refractivity contribution in [2.24, 2.45) is 5.92 Å². The van der Waals surface area contributed by atoms with Crippen molar-refractivity contribution < 1.29 is 32.6 Å². The van der Waals surface area contributed by atoms with Gasteiger partial charge in [0.2, 0.25) is 21.8 Å². The van der Waals surface area contributed by atoms with Crippen LogP contribution < -0.4 is 10.1 Å². The van der Waals surface area contributed by atoms with Gasteiger partial charge < -0.3 is 24.8 Å². The maximum Gasteiger partial charge on any atom is 0.506 e. The number of sulfonamides is 1. The molecule has 4 heterocycles. The van der Waals surface area contributed by atoms with E-state index in [1.807, 2.05) is 6.07 Å². The summed E-state index contributed by atoms with van der Waals surface area (Å²) in [6.45, 7) is 2.35. The molecule has 1 amide bonds. The molecule has 1 aliphatic carbocycles. The Labute approximate surface area is 285 Å². The number of carbonyl (C=O) groups excluding carboxylic acids is 1. The van der Waals surface area contributed by atoms with Crippen LogP contribution in [0, 0.1) is 5.92 Å². The maximum atomic E-state index is 13.7. The standard InChI is InChI=1S/C32H41N5O7S2.ClH/c1-43-28-11-10-27-30(34-28)45-31(33-27)35-29(38)26(20-21-4-2-3-5-21)22-6-8-25(9-7-22)46(41,42)37-18-12-23(13-19-37)36-16-14-24(15-17-36)44-32(39)40;/h6-11,21,23-24,26H,2-5,12-20H2,1H3,(H,39,40)(H,33,35,38);1H. The minimum Gasteiger partial charge on any atom is -0.481 e. The van der Waals surface area contributed by atoms with E-state index >= 15 is 0 Å². The second-order valence-electron chi connectivity index (χ2n) is 12.4. The number of halogens is 1. The fourth-order valence-electron chi connectivity index (χ4n) is 7.10. The zero-order valence-electron chi connectivity index (χ0n) is 26.4. The first-order valence-electron chi connectivity index (χ1n) is 16.1. The number of methoxy groups -OCH3 is 1. The van der Waals surface area contributed by atoms with Crippen LogP contribution >= 0.6 is 23.7 Å². The Kier molecular flexibility index (Phi) is 11.6. The Morgan fingerprint density at radius 1 is 0.979 bits per heavy atom. The number of pyridine rings is 1. The van der Waals surface area contributed by atoms with E-state index in [9.17, 15) is 18.0 Å². The highest BCUT2D eigenvalue weighted by Crippen LogP contribution is 2.36. The van der Waals surface area contributed by atoms with Gasteiger partial charge in [-0.15, -0.1) is 12.4 Å². The first-order valence-corrected chi connectivity index (χ1v) is 18.3. The molecule has 3 fully saturated rings. The van der Waals surface area contributed by atoms with E-state index in [0.717, 1.165) is 57.2 Å². The van der Waals surface area contributed by atoms with Crippen molar-refractivity contribution in [2.75, 3.05) is 38.6 Å². The number of nitrogens with zero attached hydrogens (tertiary/aromatic N) is 4. The van der Waals surface area contributed by atoms with Crippen LogP contribution in [0.2, 0.25) is 0 Å². The zero-order chi connectivity index (χ0) is 32.3. The summed E-state index contributed by atoms with van der Waals surface area (Å²) in [7, 11) is -2.13. The number of amides is 1.